The van der Waals surface area contributed by atoms with Crippen molar-refractivity contribution in [1.82, 2.24) is 0 Å². The van der Waals surface area contributed by atoms with Crippen molar-refractivity contribution in [3.05, 3.63) is 29.6 Å². The van der Waals surface area contributed by atoms with Crippen LogP contribution in [-0.2, 0) is 0 Å². The third-order valence-electron chi connectivity index (χ3n) is 2.80. The first kappa shape index (κ1) is 13.6. The van der Waals surface area contributed by atoms with E-state index in [1.54, 1.807) is 6.92 Å². The van der Waals surface area contributed by atoms with Gasteiger partial charge in [-0.2, -0.15) is 0 Å². The Kier molecular flexibility index (Phi) is 4.23. The first-order chi connectivity index (χ1) is 7.85. The van der Waals surface area contributed by atoms with Crippen molar-refractivity contribution in [2.45, 2.75) is 26.4 Å². The standard InChI is InChI=1S/C13H17FO3/c1-9(2)13(3,16)8-17-12-5-10(7-15)4-11(14)6-12/h4-7,9,16H,8H2,1-3H3. The van der Waals surface area contributed by atoms with Crippen molar-refractivity contribution in [3.63, 3.8) is 0 Å². The van der Waals surface area contributed by atoms with Gasteiger partial charge in [-0.15, -0.1) is 0 Å². The molecular weight excluding hydrogens is 223 g/mol. The maximum absolute atomic E-state index is 13.1. The largest absolute Gasteiger partial charge is 0.490 e. The Morgan fingerprint density at radius 2 is 2.12 bits per heavy atom. The molecule has 0 fully saturated rings. The van der Waals surface area contributed by atoms with E-state index in [4.69, 9.17) is 4.74 Å². The van der Waals surface area contributed by atoms with E-state index < -0.39 is 11.4 Å². The molecule has 1 unspecified atom stereocenters. The molecule has 0 aliphatic heterocycles. The Hall–Kier alpha value is -1.42. The number of hydrogen-bond donors (Lipinski definition) is 1. The summed E-state index contributed by atoms with van der Waals surface area (Å²) >= 11 is 0. The Morgan fingerprint density at radius 3 is 2.65 bits per heavy atom. The van der Waals surface area contributed by atoms with E-state index in [-0.39, 0.29) is 23.8 Å². The molecule has 1 aromatic rings. The average molecular weight is 240 g/mol. The van der Waals surface area contributed by atoms with Gasteiger partial charge < -0.3 is 9.84 Å². The molecule has 0 aromatic heterocycles. The van der Waals surface area contributed by atoms with E-state index in [0.29, 0.717) is 6.29 Å². The Balaban J connectivity index is 2.76. The van der Waals surface area contributed by atoms with Crippen molar-refractivity contribution < 1.29 is 19.0 Å². The molecule has 0 saturated carbocycles. The molecule has 1 rings (SSSR count). The zero-order valence-electron chi connectivity index (χ0n) is 10.2. The first-order valence-corrected chi connectivity index (χ1v) is 5.46. The molecule has 0 heterocycles. The smallest absolute Gasteiger partial charge is 0.150 e. The van der Waals surface area contributed by atoms with Crippen molar-refractivity contribution in [3.8, 4) is 5.75 Å². The lowest BCUT2D eigenvalue weighted by Gasteiger charge is -2.27. The summed E-state index contributed by atoms with van der Waals surface area (Å²) in [4.78, 5) is 10.5. The third kappa shape index (κ3) is 3.82. The molecular formula is C13H17FO3. The van der Waals surface area contributed by atoms with Gasteiger partial charge in [0.25, 0.3) is 0 Å². The van der Waals surface area contributed by atoms with E-state index in [0.717, 1.165) is 6.07 Å². The highest BCUT2D eigenvalue weighted by molar-refractivity contribution is 5.75. The van der Waals surface area contributed by atoms with Crippen molar-refractivity contribution in [1.29, 1.82) is 0 Å². The quantitative estimate of drug-likeness (QED) is 0.804. The van der Waals surface area contributed by atoms with Crippen LogP contribution < -0.4 is 4.74 Å². The van der Waals surface area contributed by atoms with Crippen LogP contribution in [0.15, 0.2) is 18.2 Å². The van der Waals surface area contributed by atoms with Crippen LogP contribution in [0.3, 0.4) is 0 Å². The lowest BCUT2D eigenvalue weighted by Crippen LogP contribution is -2.37. The van der Waals surface area contributed by atoms with Crippen LogP contribution in [0.2, 0.25) is 0 Å². The maximum Gasteiger partial charge on any atom is 0.150 e. The monoisotopic (exact) mass is 240 g/mol. The fourth-order valence-corrected chi connectivity index (χ4v) is 1.13. The van der Waals surface area contributed by atoms with Gasteiger partial charge in [-0.3, -0.25) is 4.79 Å². The van der Waals surface area contributed by atoms with Crippen LogP contribution in [0.5, 0.6) is 5.75 Å². The number of halogens is 1. The molecule has 3 nitrogen and oxygen atoms in total. The summed E-state index contributed by atoms with van der Waals surface area (Å²) in [5.41, 5.74) is -0.780. The van der Waals surface area contributed by atoms with Crippen molar-refractivity contribution in [2.24, 2.45) is 5.92 Å². The number of hydrogen-bond acceptors (Lipinski definition) is 3. The summed E-state index contributed by atoms with van der Waals surface area (Å²) in [6.45, 7) is 5.43. The zero-order valence-corrected chi connectivity index (χ0v) is 10.2. The molecule has 0 aliphatic carbocycles. The van der Waals surface area contributed by atoms with Gasteiger partial charge in [-0.1, -0.05) is 13.8 Å². The highest BCUT2D eigenvalue weighted by atomic mass is 19.1. The van der Waals surface area contributed by atoms with Gasteiger partial charge >= 0.3 is 0 Å². The third-order valence-corrected chi connectivity index (χ3v) is 2.80. The maximum atomic E-state index is 13.1. The first-order valence-electron chi connectivity index (χ1n) is 5.46. The molecule has 1 aromatic carbocycles. The van der Waals surface area contributed by atoms with Gasteiger partial charge in [-0.25, -0.2) is 4.39 Å². The molecule has 94 valence electrons. The SMILES string of the molecule is CC(C)C(C)(O)COc1cc(F)cc(C=O)c1. The van der Waals surface area contributed by atoms with Gasteiger partial charge in [0.1, 0.15) is 24.5 Å². The number of carbonyl (C=O) groups excluding carboxylic acids is 1. The van der Waals surface area contributed by atoms with Crippen LogP contribution in [0.25, 0.3) is 0 Å². The lowest BCUT2D eigenvalue weighted by molar-refractivity contribution is -0.0267. The lowest BCUT2D eigenvalue weighted by atomic mass is 9.94. The average Bonchev–Trinajstić information content (AvgIpc) is 2.25. The molecule has 0 spiro atoms. The Bertz CT molecular complexity index is 400. The highest BCUT2D eigenvalue weighted by Gasteiger charge is 2.25. The number of ether oxygens (including phenoxy) is 1. The van der Waals surface area contributed by atoms with Gasteiger partial charge in [0.05, 0.1) is 5.60 Å². The Morgan fingerprint density at radius 1 is 1.47 bits per heavy atom. The number of rotatable bonds is 5. The molecule has 1 atom stereocenters. The predicted octanol–water partition coefficient (Wildman–Crippen LogP) is 2.42. The number of aldehydes is 1. The fourth-order valence-electron chi connectivity index (χ4n) is 1.13. The normalized spacial score (nSPS) is 14.5. The zero-order chi connectivity index (χ0) is 13.1. The van der Waals surface area contributed by atoms with Gasteiger partial charge in [0.15, 0.2) is 0 Å². The molecule has 0 bridgehead atoms. The van der Waals surface area contributed by atoms with Crippen LogP contribution in [0.1, 0.15) is 31.1 Å². The molecule has 4 heteroatoms. The minimum Gasteiger partial charge on any atom is -0.490 e. The highest BCUT2D eigenvalue weighted by Crippen LogP contribution is 2.20. The molecule has 17 heavy (non-hydrogen) atoms. The molecule has 0 aliphatic rings. The van der Waals surface area contributed by atoms with Crippen LogP contribution in [0.4, 0.5) is 4.39 Å². The fraction of sp³-hybridized carbons (Fsp3) is 0.462. The Labute approximate surface area is 100 Å². The van der Waals surface area contributed by atoms with Crippen molar-refractivity contribution in [2.75, 3.05) is 6.61 Å². The summed E-state index contributed by atoms with van der Waals surface area (Å²) in [6.07, 6.45) is 0.552. The van der Waals surface area contributed by atoms with Crippen LogP contribution >= 0.6 is 0 Å². The van der Waals surface area contributed by atoms with Gasteiger partial charge in [-0.05, 0) is 25.0 Å². The predicted molar refractivity (Wildman–Crippen MR) is 62.7 cm³/mol. The summed E-state index contributed by atoms with van der Waals surface area (Å²) in [6, 6.07) is 3.75. The number of carbonyl (C=O) groups is 1. The van der Waals surface area contributed by atoms with Gasteiger partial charge in [0, 0.05) is 11.6 Å². The van der Waals surface area contributed by atoms with Gasteiger partial charge in [0.2, 0.25) is 0 Å². The van der Waals surface area contributed by atoms with Crippen molar-refractivity contribution >= 4 is 6.29 Å². The minimum atomic E-state index is -0.992. The second kappa shape index (κ2) is 5.27. The number of benzene rings is 1. The topological polar surface area (TPSA) is 46.5 Å². The van der Waals surface area contributed by atoms with E-state index in [1.165, 1.54) is 12.1 Å². The van der Waals surface area contributed by atoms with Crippen LogP contribution in [0, 0.1) is 11.7 Å². The second-order valence-corrected chi connectivity index (χ2v) is 4.64. The van der Waals surface area contributed by atoms with E-state index in [2.05, 4.69) is 0 Å². The summed E-state index contributed by atoms with van der Waals surface area (Å²) < 4.78 is 18.4. The number of aliphatic hydroxyl groups is 1. The van der Waals surface area contributed by atoms with Crippen LogP contribution in [-0.4, -0.2) is 23.6 Å². The second-order valence-electron chi connectivity index (χ2n) is 4.64. The summed E-state index contributed by atoms with van der Waals surface area (Å²) in [5, 5.41) is 9.96. The minimum absolute atomic E-state index is 0.0154. The molecule has 0 saturated heterocycles. The molecule has 1 N–H and O–H groups in total. The van der Waals surface area contributed by atoms with E-state index >= 15 is 0 Å². The van der Waals surface area contributed by atoms with E-state index in [9.17, 15) is 14.3 Å². The summed E-state index contributed by atoms with van der Waals surface area (Å²) in [7, 11) is 0. The van der Waals surface area contributed by atoms with E-state index in [1.807, 2.05) is 13.8 Å². The summed E-state index contributed by atoms with van der Waals surface area (Å²) in [5.74, 6) is -0.275. The molecule has 0 radical (unpaired) electrons. The molecule has 0 amide bonds.